The summed E-state index contributed by atoms with van der Waals surface area (Å²) in [6.07, 6.45) is 3.09. The third kappa shape index (κ3) is 5.91. The van der Waals surface area contributed by atoms with Gasteiger partial charge in [-0.1, -0.05) is 32.4 Å². The lowest BCUT2D eigenvalue weighted by molar-refractivity contribution is -0.132. The molecule has 0 saturated carbocycles. The zero-order valence-electron chi connectivity index (χ0n) is 6.59. The Morgan fingerprint density at radius 3 is 2.45 bits per heavy atom. The number of carbonyl (C=O) groups excluding carboxylic acids is 2. The lowest BCUT2D eigenvalue weighted by Gasteiger charge is -1.99. The second-order valence-electron chi connectivity index (χ2n) is 2.27. The number of rotatable bonds is 5. The second kappa shape index (κ2) is 6.22. The van der Waals surface area contributed by atoms with Crippen LogP contribution in [-0.4, -0.2) is 17.6 Å². The Morgan fingerprint density at radius 2 is 2.00 bits per heavy atom. The van der Waals surface area contributed by atoms with Gasteiger partial charge >= 0.3 is 0 Å². The van der Waals surface area contributed by atoms with Crippen LogP contribution in [0.2, 0.25) is 0 Å². The molecule has 0 saturated heterocycles. The topological polar surface area (TPSA) is 46.2 Å². The number of hydrogen-bond acceptors (Lipinski definition) is 2. The SMILES string of the molecule is CCCCCNC(=O)C(=O)S. The van der Waals surface area contributed by atoms with E-state index in [1.807, 2.05) is 0 Å². The Kier molecular flexibility index (Phi) is 5.93. The van der Waals surface area contributed by atoms with Crippen molar-refractivity contribution in [3.05, 3.63) is 0 Å². The normalized spacial score (nSPS) is 9.27. The number of unbranched alkanes of at least 4 members (excludes halogenated alkanes) is 2. The first-order valence-corrected chi connectivity index (χ1v) is 4.14. The Balaban J connectivity index is 3.25. The van der Waals surface area contributed by atoms with Gasteiger partial charge in [0.15, 0.2) is 0 Å². The van der Waals surface area contributed by atoms with Gasteiger partial charge in [0.25, 0.3) is 11.0 Å². The fourth-order valence-electron chi connectivity index (χ4n) is 0.653. The van der Waals surface area contributed by atoms with Crippen molar-refractivity contribution in [3.63, 3.8) is 0 Å². The van der Waals surface area contributed by atoms with Gasteiger partial charge in [-0.25, -0.2) is 0 Å². The maximum Gasteiger partial charge on any atom is 0.298 e. The van der Waals surface area contributed by atoms with E-state index < -0.39 is 11.0 Å². The third-order valence-corrected chi connectivity index (χ3v) is 1.46. The van der Waals surface area contributed by atoms with Crippen molar-refractivity contribution in [1.29, 1.82) is 0 Å². The van der Waals surface area contributed by atoms with Crippen LogP contribution in [0.3, 0.4) is 0 Å². The third-order valence-electron chi connectivity index (χ3n) is 1.26. The summed E-state index contributed by atoms with van der Waals surface area (Å²) in [6, 6.07) is 0. The number of carbonyl (C=O) groups is 2. The van der Waals surface area contributed by atoms with Gasteiger partial charge in [-0.2, -0.15) is 0 Å². The molecule has 0 fully saturated rings. The molecule has 4 heteroatoms. The molecule has 0 rings (SSSR count). The van der Waals surface area contributed by atoms with E-state index in [0.717, 1.165) is 19.3 Å². The van der Waals surface area contributed by atoms with Crippen LogP contribution in [0.5, 0.6) is 0 Å². The molecular weight excluding hydrogens is 162 g/mol. The van der Waals surface area contributed by atoms with Gasteiger partial charge in [-0.3, -0.25) is 9.59 Å². The number of amides is 1. The van der Waals surface area contributed by atoms with Gasteiger partial charge in [0.2, 0.25) is 0 Å². The van der Waals surface area contributed by atoms with E-state index in [1.165, 1.54) is 0 Å². The van der Waals surface area contributed by atoms with E-state index in [1.54, 1.807) is 0 Å². The summed E-state index contributed by atoms with van der Waals surface area (Å²) in [5.41, 5.74) is 0. The molecule has 0 aliphatic heterocycles. The van der Waals surface area contributed by atoms with E-state index in [0.29, 0.717) is 6.54 Å². The maximum absolute atomic E-state index is 10.6. The van der Waals surface area contributed by atoms with Gasteiger partial charge < -0.3 is 5.32 Å². The van der Waals surface area contributed by atoms with Crippen LogP contribution in [0.1, 0.15) is 26.2 Å². The quantitative estimate of drug-likeness (QED) is 0.368. The molecule has 0 radical (unpaired) electrons. The number of thiol groups is 1. The highest BCUT2D eigenvalue weighted by molar-refractivity contribution is 7.98. The molecule has 0 spiro atoms. The molecule has 1 N–H and O–H groups in total. The standard InChI is InChI=1S/C7H13NO2S/c1-2-3-4-5-8-6(9)7(10)11/h2-5H2,1H3,(H,8,9)(H,10,11). The van der Waals surface area contributed by atoms with Gasteiger partial charge in [0, 0.05) is 6.54 Å². The molecule has 0 bridgehead atoms. The summed E-state index contributed by atoms with van der Waals surface area (Å²) in [7, 11) is 0. The zero-order valence-corrected chi connectivity index (χ0v) is 7.49. The van der Waals surface area contributed by atoms with Crippen molar-refractivity contribution in [1.82, 2.24) is 5.32 Å². The highest BCUT2D eigenvalue weighted by Crippen LogP contribution is 1.91. The summed E-state index contributed by atoms with van der Waals surface area (Å²) in [4.78, 5) is 20.8. The predicted octanol–water partition coefficient (Wildman–Crippen LogP) is 0.749. The smallest absolute Gasteiger partial charge is 0.298 e. The molecule has 0 aromatic rings. The molecule has 0 heterocycles. The van der Waals surface area contributed by atoms with Crippen molar-refractivity contribution in [3.8, 4) is 0 Å². The van der Waals surface area contributed by atoms with E-state index >= 15 is 0 Å². The van der Waals surface area contributed by atoms with Crippen molar-refractivity contribution >= 4 is 23.7 Å². The first-order valence-electron chi connectivity index (χ1n) is 3.69. The highest BCUT2D eigenvalue weighted by Gasteiger charge is 2.05. The van der Waals surface area contributed by atoms with E-state index in [4.69, 9.17) is 0 Å². The van der Waals surface area contributed by atoms with Crippen LogP contribution < -0.4 is 5.32 Å². The number of nitrogens with one attached hydrogen (secondary N) is 1. The molecule has 0 atom stereocenters. The lowest BCUT2D eigenvalue weighted by atomic mass is 10.2. The molecule has 0 unspecified atom stereocenters. The zero-order chi connectivity index (χ0) is 8.69. The van der Waals surface area contributed by atoms with Crippen molar-refractivity contribution in [2.75, 3.05) is 6.54 Å². The summed E-state index contributed by atoms with van der Waals surface area (Å²) >= 11 is 3.37. The molecule has 3 nitrogen and oxygen atoms in total. The maximum atomic E-state index is 10.6. The molecular formula is C7H13NO2S. The average Bonchev–Trinajstić information content (AvgIpc) is 1.97. The van der Waals surface area contributed by atoms with E-state index in [-0.39, 0.29) is 0 Å². The fraction of sp³-hybridized carbons (Fsp3) is 0.714. The van der Waals surface area contributed by atoms with Gasteiger partial charge in [0.05, 0.1) is 0 Å². The first-order chi connectivity index (χ1) is 5.18. The Labute approximate surface area is 72.0 Å². The number of hydrogen-bond donors (Lipinski definition) is 2. The van der Waals surface area contributed by atoms with Gasteiger partial charge in [-0.15, -0.1) is 0 Å². The fourth-order valence-corrected chi connectivity index (χ4v) is 0.732. The minimum atomic E-state index is -0.721. The molecule has 11 heavy (non-hydrogen) atoms. The molecule has 1 amide bonds. The summed E-state index contributed by atoms with van der Waals surface area (Å²) < 4.78 is 0. The van der Waals surface area contributed by atoms with E-state index in [2.05, 4.69) is 24.9 Å². The van der Waals surface area contributed by atoms with Crippen molar-refractivity contribution in [2.45, 2.75) is 26.2 Å². The van der Waals surface area contributed by atoms with Gasteiger partial charge in [-0.05, 0) is 6.42 Å². The Bertz CT molecular complexity index is 147. The van der Waals surface area contributed by atoms with Crippen LogP contribution >= 0.6 is 12.6 Å². The van der Waals surface area contributed by atoms with Crippen LogP contribution in [-0.2, 0) is 9.59 Å². The van der Waals surface area contributed by atoms with Crippen molar-refractivity contribution < 1.29 is 9.59 Å². The largest absolute Gasteiger partial charge is 0.349 e. The molecule has 0 aromatic heterocycles. The molecule has 0 aromatic carbocycles. The van der Waals surface area contributed by atoms with E-state index in [9.17, 15) is 9.59 Å². The van der Waals surface area contributed by atoms with Crippen molar-refractivity contribution in [2.24, 2.45) is 0 Å². The average molecular weight is 175 g/mol. The molecule has 0 aliphatic rings. The molecule has 0 aliphatic carbocycles. The minimum absolute atomic E-state index is 0.568. The second-order valence-corrected chi connectivity index (χ2v) is 2.67. The lowest BCUT2D eigenvalue weighted by Crippen LogP contribution is -2.28. The first kappa shape index (κ1) is 10.5. The Morgan fingerprint density at radius 1 is 1.36 bits per heavy atom. The van der Waals surface area contributed by atoms with Gasteiger partial charge in [0.1, 0.15) is 0 Å². The van der Waals surface area contributed by atoms with Crippen LogP contribution in [0.25, 0.3) is 0 Å². The summed E-state index contributed by atoms with van der Waals surface area (Å²) in [6.45, 7) is 2.64. The molecule has 64 valence electrons. The minimum Gasteiger partial charge on any atom is -0.349 e. The predicted molar refractivity (Wildman–Crippen MR) is 46.5 cm³/mol. The van der Waals surface area contributed by atoms with Crippen LogP contribution in [0, 0.1) is 0 Å². The highest BCUT2D eigenvalue weighted by atomic mass is 32.1. The monoisotopic (exact) mass is 175 g/mol. The Hall–Kier alpha value is -0.510. The summed E-state index contributed by atoms with van der Waals surface area (Å²) in [5, 5.41) is 1.73. The van der Waals surface area contributed by atoms with Crippen LogP contribution in [0.15, 0.2) is 0 Å². The summed E-state index contributed by atoms with van der Waals surface area (Å²) in [5.74, 6) is -0.607. The van der Waals surface area contributed by atoms with Crippen LogP contribution in [0.4, 0.5) is 0 Å².